The molecule has 1 aliphatic heterocycles. The van der Waals surface area contributed by atoms with Gasteiger partial charge >= 0.3 is 6.09 Å². The minimum absolute atomic E-state index is 0.0725. The number of hydrogen-bond donors (Lipinski definition) is 5. The summed E-state index contributed by atoms with van der Waals surface area (Å²) < 4.78 is 15.5. The zero-order valence-electron chi connectivity index (χ0n) is 22.5. The Balaban J connectivity index is 1.69. The standard InChI is InChI=1S/C30H40FN3O5/c1-2-19-7-3-8-20(15-19)27-23(10-4-11-24(27)31)30(39,12-6-13-33-29(37)38)22-9-5-14-34(18-22)28(36)21-16-25(32)26(35)17-21/h3-4,7-8,10-11,15,21-22,25-26,33,35,39H,2,5-6,9,12-14,16-18,32H2,1H3,(H,37,38)/t21-,22+,25+,26-,30?/m0/s1. The van der Waals surface area contributed by atoms with Gasteiger partial charge in [-0.25, -0.2) is 9.18 Å². The van der Waals surface area contributed by atoms with E-state index in [0.717, 1.165) is 12.0 Å². The first kappa shape index (κ1) is 29.0. The first-order chi connectivity index (χ1) is 18.6. The maximum atomic E-state index is 15.5. The van der Waals surface area contributed by atoms with Crippen LogP contribution in [0.4, 0.5) is 9.18 Å². The van der Waals surface area contributed by atoms with Crippen molar-refractivity contribution in [1.82, 2.24) is 10.2 Å². The molecule has 1 saturated carbocycles. The first-order valence-corrected chi connectivity index (χ1v) is 13.9. The number of aliphatic hydroxyl groups excluding tert-OH is 1. The van der Waals surface area contributed by atoms with E-state index in [2.05, 4.69) is 5.32 Å². The summed E-state index contributed by atoms with van der Waals surface area (Å²) in [7, 11) is 0. The van der Waals surface area contributed by atoms with E-state index in [1.165, 1.54) is 6.07 Å². The third kappa shape index (κ3) is 6.42. The highest BCUT2D eigenvalue weighted by atomic mass is 19.1. The highest BCUT2D eigenvalue weighted by molar-refractivity contribution is 5.79. The van der Waals surface area contributed by atoms with Gasteiger partial charge < -0.3 is 31.3 Å². The Hall–Kier alpha value is -3.01. The summed E-state index contributed by atoms with van der Waals surface area (Å²) in [6, 6.07) is 11.9. The van der Waals surface area contributed by atoms with Crippen LogP contribution in [0, 0.1) is 17.7 Å². The fourth-order valence-electron chi connectivity index (χ4n) is 6.31. The molecule has 6 N–H and O–H groups in total. The highest BCUT2D eigenvalue weighted by Gasteiger charge is 2.45. The molecule has 1 heterocycles. The Morgan fingerprint density at radius 1 is 1.21 bits per heavy atom. The summed E-state index contributed by atoms with van der Waals surface area (Å²) >= 11 is 0. The average Bonchev–Trinajstić information content (AvgIpc) is 3.28. The Labute approximate surface area is 229 Å². The lowest BCUT2D eigenvalue weighted by Crippen LogP contribution is -2.49. The van der Waals surface area contributed by atoms with Crippen molar-refractivity contribution >= 4 is 12.0 Å². The lowest BCUT2D eigenvalue weighted by Gasteiger charge is -2.44. The number of hydrogen-bond acceptors (Lipinski definition) is 5. The van der Waals surface area contributed by atoms with E-state index >= 15 is 4.39 Å². The number of nitrogens with zero attached hydrogens (tertiary/aromatic N) is 1. The predicted molar refractivity (Wildman–Crippen MR) is 146 cm³/mol. The molecule has 2 aliphatic rings. The van der Waals surface area contributed by atoms with Gasteiger partial charge in [-0.15, -0.1) is 0 Å². The van der Waals surface area contributed by atoms with Gasteiger partial charge in [0.05, 0.1) is 11.7 Å². The van der Waals surface area contributed by atoms with Crippen LogP contribution in [0.2, 0.25) is 0 Å². The minimum Gasteiger partial charge on any atom is -0.465 e. The number of carboxylic acid groups (broad SMARTS) is 1. The number of piperidine rings is 1. The number of nitrogens with two attached hydrogens (primary N) is 1. The minimum atomic E-state index is -1.51. The third-order valence-electron chi connectivity index (χ3n) is 8.45. The third-order valence-corrected chi connectivity index (χ3v) is 8.45. The van der Waals surface area contributed by atoms with Crippen LogP contribution in [-0.4, -0.2) is 64.0 Å². The Kier molecular flexibility index (Phi) is 9.25. The van der Waals surface area contributed by atoms with Crippen molar-refractivity contribution in [2.24, 2.45) is 17.6 Å². The van der Waals surface area contributed by atoms with Crippen LogP contribution in [0.3, 0.4) is 0 Å². The molecule has 9 heteroatoms. The molecule has 5 atom stereocenters. The fraction of sp³-hybridized carbons (Fsp3) is 0.533. The van der Waals surface area contributed by atoms with Crippen molar-refractivity contribution in [3.8, 4) is 11.1 Å². The fourth-order valence-corrected chi connectivity index (χ4v) is 6.31. The Morgan fingerprint density at radius 3 is 2.67 bits per heavy atom. The molecule has 0 spiro atoms. The molecule has 0 radical (unpaired) electrons. The predicted octanol–water partition coefficient (Wildman–Crippen LogP) is 3.63. The number of benzene rings is 2. The van der Waals surface area contributed by atoms with Crippen LogP contribution >= 0.6 is 0 Å². The second-order valence-electron chi connectivity index (χ2n) is 11.0. The zero-order valence-corrected chi connectivity index (χ0v) is 22.5. The van der Waals surface area contributed by atoms with Gasteiger partial charge in [-0.05, 0) is 67.7 Å². The van der Waals surface area contributed by atoms with Gasteiger partial charge in [-0.3, -0.25) is 4.79 Å². The van der Waals surface area contributed by atoms with E-state index in [1.54, 1.807) is 17.0 Å². The van der Waals surface area contributed by atoms with Gasteiger partial charge in [0.1, 0.15) is 5.82 Å². The summed E-state index contributed by atoms with van der Waals surface area (Å²) in [6.45, 7) is 2.99. The monoisotopic (exact) mass is 541 g/mol. The van der Waals surface area contributed by atoms with Crippen molar-refractivity contribution in [1.29, 1.82) is 0 Å². The molecule has 39 heavy (non-hydrogen) atoms. The molecular weight excluding hydrogens is 501 g/mol. The number of rotatable bonds is 9. The van der Waals surface area contributed by atoms with Crippen LogP contribution in [0.25, 0.3) is 11.1 Å². The van der Waals surface area contributed by atoms with Crippen molar-refractivity contribution in [2.45, 2.75) is 69.6 Å². The molecule has 1 aliphatic carbocycles. The first-order valence-electron chi connectivity index (χ1n) is 13.9. The molecule has 1 saturated heterocycles. The van der Waals surface area contributed by atoms with Gasteiger partial charge in [0.2, 0.25) is 5.91 Å². The molecule has 1 unspecified atom stereocenters. The van der Waals surface area contributed by atoms with Crippen molar-refractivity contribution < 1.29 is 29.3 Å². The topological polar surface area (TPSA) is 136 Å². The van der Waals surface area contributed by atoms with E-state index in [1.807, 2.05) is 31.2 Å². The Morgan fingerprint density at radius 2 is 1.97 bits per heavy atom. The number of aliphatic hydroxyl groups is 2. The SMILES string of the molecule is CCc1cccc(-c2c(F)cccc2C(O)(CCCNC(=O)O)[C@@H]2CCCN(C(=O)[C@H]3C[C@@H](N)[C@@H](O)C3)C2)c1. The maximum Gasteiger partial charge on any atom is 0.404 e. The summed E-state index contributed by atoms with van der Waals surface area (Å²) in [6.07, 6.45) is 1.51. The molecule has 2 aromatic carbocycles. The molecule has 0 bridgehead atoms. The van der Waals surface area contributed by atoms with E-state index in [4.69, 9.17) is 10.8 Å². The second-order valence-corrected chi connectivity index (χ2v) is 11.0. The normalized spacial score (nSPS) is 24.8. The molecular formula is C30H40FN3O5. The van der Waals surface area contributed by atoms with Gasteiger partial charge in [-0.1, -0.05) is 43.3 Å². The molecule has 4 rings (SSSR count). The molecule has 8 nitrogen and oxygen atoms in total. The van der Waals surface area contributed by atoms with Crippen molar-refractivity contribution in [2.75, 3.05) is 19.6 Å². The van der Waals surface area contributed by atoms with Crippen LogP contribution in [0.1, 0.15) is 56.6 Å². The average molecular weight is 542 g/mol. The van der Waals surface area contributed by atoms with Gasteiger partial charge in [0.25, 0.3) is 0 Å². The smallest absolute Gasteiger partial charge is 0.404 e. The molecule has 212 valence electrons. The highest BCUT2D eigenvalue weighted by Crippen LogP contribution is 2.44. The van der Waals surface area contributed by atoms with Crippen LogP contribution in [0.5, 0.6) is 0 Å². The van der Waals surface area contributed by atoms with E-state index in [0.29, 0.717) is 55.3 Å². The van der Waals surface area contributed by atoms with Gasteiger partial charge in [0.15, 0.2) is 0 Å². The van der Waals surface area contributed by atoms with Crippen LogP contribution in [0.15, 0.2) is 42.5 Å². The number of carbonyl (C=O) groups excluding carboxylic acids is 1. The molecule has 2 amide bonds. The molecule has 2 aromatic rings. The van der Waals surface area contributed by atoms with E-state index < -0.39 is 35.6 Å². The van der Waals surface area contributed by atoms with E-state index in [-0.39, 0.29) is 31.3 Å². The Bertz CT molecular complexity index is 1170. The summed E-state index contributed by atoms with van der Waals surface area (Å²) in [5.74, 6) is -1.27. The van der Waals surface area contributed by atoms with Crippen LogP contribution < -0.4 is 11.1 Å². The number of likely N-dealkylation sites (tertiary alicyclic amines) is 1. The van der Waals surface area contributed by atoms with Crippen LogP contribution in [-0.2, 0) is 16.8 Å². The zero-order chi connectivity index (χ0) is 28.2. The van der Waals surface area contributed by atoms with Crippen molar-refractivity contribution in [3.63, 3.8) is 0 Å². The van der Waals surface area contributed by atoms with E-state index in [9.17, 15) is 19.8 Å². The number of nitrogens with one attached hydrogen (secondary N) is 1. The maximum absolute atomic E-state index is 15.5. The lowest BCUT2D eigenvalue weighted by atomic mass is 9.72. The van der Waals surface area contributed by atoms with Gasteiger partial charge in [0, 0.05) is 43.1 Å². The number of aryl methyl sites for hydroxylation is 1. The molecule has 2 fully saturated rings. The second kappa shape index (κ2) is 12.4. The van der Waals surface area contributed by atoms with Gasteiger partial charge in [-0.2, -0.15) is 0 Å². The summed E-state index contributed by atoms with van der Waals surface area (Å²) in [5, 5.41) is 33.9. The largest absolute Gasteiger partial charge is 0.465 e. The van der Waals surface area contributed by atoms with Crippen molar-refractivity contribution in [3.05, 3.63) is 59.4 Å². The summed E-state index contributed by atoms with van der Waals surface area (Å²) in [5.41, 5.74) is 6.94. The number of halogens is 1. The number of carbonyl (C=O) groups is 2. The summed E-state index contributed by atoms with van der Waals surface area (Å²) in [4.78, 5) is 26.2. The quantitative estimate of drug-likeness (QED) is 0.308. The number of amides is 2. The molecule has 0 aromatic heterocycles. The lowest BCUT2D eigenvalue weighted by molar-refractivity contribution is -0.141.